The van der Waals surface area contributed by atoms with Gasteiger partial charge in [-0.15, -0.1) is 0 Å². The van der Waals surface area contributed by atoms with Crippen LogP contribution in [-0.4, -0.2) is 77.2 Å². The summed E-state index contributed by atoms with van der Waals surface area (Å²) in [5.41, 5.74) is 3.13. The summed E-state index contributed by atoms with van der Waals surface area (Å²) < 4.78 is 26.2. The van der Waals surface area contributed by atoms with Gasteiger partial charge in [-0.2, -0.15) is 10.2 Å². The summed E-state index contributed by atoms with van der Waals surface area (Å²) in [6, 6.07) is 17.5. The van der Waals surface area contributed by atoms with E-state index in [4.69, 9.17) is 28.2 Å². The second-order valence-corrected chi connectivity index (χ2v) is 13.6. The molecule has 2 aromatic carbocycles. The maximum Gasteiger partial charge on any atom is 0.375 e. The van der Waals surface area contributed by atoms with Crippen LogP contribution in [0.4, 0.5) is 0 Å². The number of ether oxygens (including phenoxy) is 3. The molecule has 4 aromatic heterocycles. The lowest BCUT2D eigenvalue weighted by Gasteiger charge is -2.18. The van der Waals surface area contributed by atoms with Crippen molar-refractivity contribution in [3.63, 3.8) is 0 Å². The number of carbonyl (C=O) groups is 4. The Morgan fingerprint density at radius 3 is 1.48 bits per heavy atom. The molecule has 16 heteroatoms. The van der Waals surface area contributed by atoms with Gasteiger partial charge in [0.05, 0.1) is 30.4 Å². The highest BCUT2D eigenvalue weighted by molar-refractivity contribution is 5.90. The first-order valence-electron chi connectivity index (χ1n) is 16.6. The van der Waals surface area contributed by atoms with E-state index in [0.717, 1.165) is 11.8 Å². The number of rotatable bonds is 9. The third-order valence-corrected chi connectivity index (χ3v) is 6.90. The molecule has 4 heterocycles. The summed E-state index contributed by atoms with van der Waals surface area (Å²) in [5.74, 6) is -2.45. The number of benzene rings is 2. The van der Waals surface area contributed by atoms with E-state index in [2.05, 4.69) is 30.4 Å². The number of nitrogens with zero attached hydrogens (tertiary/aromatic N) is 4. The maximum atomic E-state index is 12.2. The zero-order valence-corrected chi connectivity index (χ0v) is 30.5. The Morgan fingerprint density at radius 2 is 1.07 bits per heavy atom. The summed E-state index contributed by atoms with van der Waals surface area (Å²) in [5, 5.41) is 22.6. The first kappa shape index (κ1) is 38.4. The van der Waals surface area contributed by atoms with Gasteiger partial charge >= 0.3 is 23.9 Å². The molecule has 0 aliphatic carbocycles. The zero-order chi connectivity index (χ0) is 39.2. The quantitative estimate of drug-likeness (QED) is 0.0981. The molecule has 0 saturated carbocycles. The van der Waals surface area contributed by atoms with Crippen LogP contribution in [0, 0.1) is 0 Å². The zero-order valence-electron chi connectivity index (χ0n) is 30.5. The molecule has 0 radical (unpaired) electrons. The number of carboxylic acids is 1. The van der Waals surface area contributed by atoms with Crippen molar-refractivity contribution in [2.24, 2.45) is 0 Å². The fourth-order valence-electron chi connectivity index (χ4n) is 4.65. The molecule has 0 saturated heterocycles. The normalized spacial score (nSPS) is 11.3. The second-order valence-electron chi connectivity index (χ2n) is 13.6. The number of hydrogen-bond donors (Lipinski definition) is 3. The molecular formula is C38H38N6O10. The van der Waals surface area contributed by atoms with Gasteiger partial charge in [0.2, 0.25) is 23.3 Å². The fourth-order valence-corrected chi connectivity index (χ4v) is 4.65. The second kappa shape index (κ2) is 15.8. The van der Waals surface area contributed by atoms with E-state index in [0.29, 0.717) is 28.1 Å². The first-order valence-corrected chi connectivity index (χ1v) is 16.6. The minimum atomic E-state index is -1.19. The summed E-state index contributed by atoms with van der Waals surface area (Å²) >= 11 is 0. The molecule has 0 aliphatic rings. The number of carboxylic acid groups (broad SMARTS) is 1. The molecule has 6 rings (SSSR count). The fraction of sp³-hybridized carbons (Fsp3) is 0.263. The van der Waals surface area contributed by atoms with E-state index in [-0.39, 0.29) is 41.3 Å². The molecule has 0 spiro atoms. The van der Waals surface area contributed by atoms with Crippen molar-refractivity contribution in [2.45, 2.75) is 59.7 Å². The van der Waals surface area contributed by atoms with Gasteiger partial charge in [0.15, 0.2) is 0 Å². The van der Waals surface area contributed by atoms with E-state index < -0.39 is 35.1 Å². The average Bonchev–Trinajstić information content (AvgIpc) is 3.94. The summed E-state index contributed by atoms with van der Waals surface area (Å²) in [6.45, 7) is 12.7. The van der Waals surface area contributed by atoms with Crippen LogP contribution < -0.4 is 0 Å². The number of nitrogens with one attached hydrogen (secondary N) is 2. The highest BCUT2D eigenvalue weighted by Gasteiger charge is 2.22. The van der Waals surface area contributed by atoms with Gasteiger partial charge in [-0.3, -0.25) is 10.2 Å². The lowest BCUT2D eigenvalue weighted by molar-refractivity contribution is 0.00504. The largest absolute Gasteiger partial charge is 0.475 e. The van der Waals surface area contributed by atoms with Gasteiger partial charge in [0.1, 0.15) is 22.6 Å². The maximum absolute atomic E-state index is 12.2. The first-order chi connectivity index (χ1) is 25.5. The molecule has 0 fully saturated rings. The SMILES string of the molecule is CC(C)(C)OC(=O)c1cc(-c2cccc(-c3ncc(C(=O)O)o3)c2)n[nH]1.CCOC(=O)c1cnc(-c2cccc(-c3cc(C(=O)OC(C)(C)C)[nH]n3)c2)o1. The number of carbonyl (C=O) groups excluding carboxylic acids is 3. The van der Waals surface area contributed by atoms with E-state index in [1.54, 1.807) is 103 Å². The smallest absolute Gasteiger partial charge is 0.375 e. The molecule has 3 N–H and O–H groups in total. The number of aromatic amines is 2. The topological polar surface area (TPSA) is 226 Å². The van der Waals surface area contributed by atoms with Crippen LogP contribution in [0.2, 0.25) is 0 Å². The Bertz CT molecular complexity index is 2280. The van der Waals surface area contributed by atoms with Crippen LogP contribution in [0.15, 0.2) is 81.9 Å². The molecule has 0 aliphatic heterocycles. The number of esters is 3. The highest BCUT2D eigenvalue weighted by Crippen LogP contribution is 2.28. The Labute approximate surface area is 308 Å². The molecule has 16 nitrogen and oxygen atoms in total. The van der Waals surface area contributed by atoms with Crippen LogP contribution >= 0.6 is 0 Å². The van der Waals surface area contributed by atoms with Crippen LogP contribution in [0.25, 0.3) is 45.4 Å². The van der Waals surface area contributed by atoms with Crippen molar-refractivity contribution in [3.05, 3.63) is 96.0 Å². The van der Waals surface area contributed by atoms with Crippen molar-refractivity contribution < 1.29 is 47.3 Å². The monoisotopic (exact) mass is 738 g/mol. The Hall–Kier alpha value is -6.84. The van der Waals surface area contributed by atoms with Crippen molar-refractivity contribution >= 4 is 23.9 Å². The van der Waals surface area contributed by atoms with Crippen LogP contribution in [0.1, 0.15) is 90.6 Å². The standard InChI is InChI=1S/C20H21N3O5.C18H17N3O5/c1-5-26-19(25)16-11-21-17(27-16)13-8-6-7-12(9-13)14-10-15(23-22-14)18(24)28-20(2,3)4;1-18(2,3)26-17(24)13-8-12(20-21-13)10-5-4-6-11(7-10)15-19-9-14(25-15)16(22)23/h6-11H,5H2,1-4H3,(H,22,23);4-9H,1-3H3,(H,20,21)(H,22,23). The molecular weight excluding hydrogens is 700 g/mol. The number of aromatic carboxylic acids is 1. The van der Waals surface area contributed by atoms with Crippen molar-refractivity contribution in [2.75, 3.05) is 6.61 Å². The molecule has 0 bridgehead atoms. The molecule has 280 valence electrons. The predicted octanol–water partition coefficient (Wildman–Crippen LogP) is 7.25. The third kappa shape index (κ3) is 9.93. The predicted molar refractivity (Wildman–Crippen MR) is 192 cm³/mol. The van der Waals surface area contributed by atoms with Crippen LogP contribution in [0.5, 0.6) is 0 Å². The van der Waals surface area contributed by atoms with Gasteiger partial charge in [0.25, 0.3) is 0 Å². The van der Waals surface area contributed by atoms with Gasteiger partial charge in [-0.05, 0) is 84.9 Å². The van der Waals surface area contributed by atoms with Crippen molar-refractivity contribution in [3.8, 4) is 45.4 Å². The van der Waals surface area contributed by atoms with Gasteiger partial charge < -0.3 is 28.2 Å². The van der Waals surface area contributed by atoms with E-state index in [9.17, 15) is 19.2 Å². The van der Waals surface area contributed by atoms with Gasteiger partial charge in [-0.25, -0.2) is 29.1 Å². The lowest BCUT2D eigenvalue weighted by Crippen LogP contribution is -2.24. The minimum absolute atomic E-state index is 0.0363. The molecule has 54 heavy (non-hydrogen) atoms. The van der Waals surface area contributed by atoms with Gasteiger partial charge in [-0.1, -0.05) is 24.3 Å². The summed E-state index contributed by atoms with van der Waals surface area (Å²) in [6.07, 6.45) is 2.48. The number of hydrogen-bond acceptors (Lipinski definition) is 13. The van der Waals surface area contributed by atoms with Crippen molar-refractivity contribution in [1.82, 2.24) is 30.4 Å². The highest BCUT2D eigenvalue weighted by atomic mass is 16.6. The Morgan fingerprint density at radius 1 is 0.648 bits per heavy atom. The lowest BCUT2D eigenvalue weighted by atomic mass is 10.1. The average molecular weight is 739 g/mol. The number of H-pyrrole nitrogens is 2. The summed E-state index contributed by atoms with van der Waals surface area (Å²) in [4.78, 5) is 55.0. The van der Waals surface area contributed by atoms with E-state index in [1.165, 1.54) is 6.20 Å². The Kier molecular flexibility index (Phi) is 11.2. The van der Waals surface area contributed by atoms with Crippen molar-refractivity contribution in [1.29, 1.82) is 0 Å². The number of oxazole rings is 2. The van der Waals surface area contributed by atoms with Crippen LogP contribution in [-0.2, 0) is 14.2 Å². The molecule has 0 amide bonds. The van der Waals surface area contributed by atoms with E-state index in [1.807, 2.05) is 6.07 Å². The van der Waals surface area contributed by atoms with Gasteiger partial charge in [0, 0.05) is 22.3 Å². The minimum Gasteiger partial charge on any atom is -0.475 e. The molecule has 6 aromatic rings. The molecule has 0 atom stereocenters. The summed E-state index contributed by atoms with van der Waals surface area (Å²) in [7, 11) is 0. The van der Waals surface area contributed by atoms with E-state index >= 15 is 0 Å². The van der Waals surface area contributed by atoms with Crippen LogP contribution in [0.3, 0.4) is 0 Å². The number of aromatic nitrogens is 6. The Balaban J connectivity index is 0.000000208. The molecule has 0 unspecified atom stereocenters. The third-order valence-electron chi connectivity index (χ3n) is 6.90.